The van der Waals surface area contributed by atoms with E-state index in [0.29, 0.717) is 0 Å². The highest BCUT2D eigenvalue weighted by molar-refractivity contribution is 7.85. The lowest BCUT2D eigenvalue weighted by Crippen LogP contribution is -2.36. The SMILES string of the molecule is COC(=O)[C@H]1[C@@H](S(=O)c2ccc(C)cc2)[C@H]2C=C[C@@H]1C2. The van der Waals surface area contributed by atoms with Crippen LogP contribution in [0.1, 0.15) is 12.0 Å². The topological polar surface area (TPSA) is 43.4 Å². The molecule has 3 nitrogen and oxygen atoms in total. The fourth-order valence-corrected chi connectivity index (χ4v) is 5.16. The number of aryl methyl sites for hydroxylation is 1. The lowest BCUT2D eigenvalue weighted by molar-refractivity contribution is -0.146. The average molecular weight is 290 g/mol. The van der Waals surface area contributed by atoms with Crippen LogP contribution in [0.3, 0.4) is 0 Å². The van der Waals surface area contributed by atoms with Gasteiger partial charge in [-0.2, -0.15) is 0 Å². The number of methoxy groups -OCH3 is 1. The average Bonchev–Trinajstić information content (AvgIpc) is 3.07. The number of ether oxygens (including phenoxy) is 1. The fraction of sp³-hybridized carbons (Fsp3) is 0.438. The summed E-state index contributed by atoms with van der Waals surface area (Å²) < 4.78 is 17.8. The van der Waals surface area contributed by atoms with E-state index < -0.39 is 10.8 Å². The zero-order valence-corrected chi connectivity index (χ0v) is 12.4. The van der Waals surface area contributed by atoms with E-state index in [9.17, 15) is 9.00 Å². The summed E-state index contributed by atoms with van der Waals surface area (Å²) in [6.45, 7) is 2.00. The van der Waals surface area contributed by atoms with Gasteiger partial charge in [0.25, 0.3) is 0 Å². The number of carbonyl (C=O) groups excluding carboxylic acids is 1. The van der Waals surface area contributed by atoms with E-state index in [2.05, 4.69) is 12.2 Å². The molecule has 0 N–H and O–H groups in total. The van der Waals surface area contributed by atoms with Crippen molar-refractivity contribution in [3.05, 3.63) is 42.0 Å². The van der Waals surface area contributed by atoms with Crippen LogP contribution in [0.25, 0.3) is 0 Å². The Morgan fingerprint density at radius 3 is 2.50 bits per heavy atom. The molecule has 20 heavy (non-hydrogen) atoms. The predicted octanol–water partition coefficient (Wildman–Crippen LogP) is 2.47. The summed E-state index contributed by atoms with van der Waals surface area (Å²) in [7, 11) is 0.236. The van der Waals surface area contributed by atoms with E-state index in [-0.39, 0.29) is 29.0 Å². The molecule has 2 aliphatic rings. The summed E-state index contributed by atoms with van der Waals surface area (Å²) in [6.07, 6.45) is 5.11. The van der Waals surface area contributed by atoms with Gasteiger partial charge in [-0.1, -0.05) is 29.8 Å². The maximum absolute atomic E-state index is 12.8. The molecule has 1 saturated carbocycles. The number of allylic oxidation sites excluding steroid dienone is 2. The molecule has 0 heterocycles. The standard InChI is InChI=1S/C16H18O3S/c1-10-3-7-13(8-4-10)20(18)15-12-6-5-11(9-12)14(15)16(17)19-2/h3-8,11-12,14-15H,9H2,1-2H3/t11-,12+,14-,15+,20?/m1/s1. The van der Waals surface area contributed by atoms with Crippen molar-refractivity contribution in [2.24, 2.45) is 17.8 Å². The Morgan fingerprint density at radius 1 is 1.20 bits per heavy atom. The molecule has 2 aliphatic carbocycles. The molecule has 1 aromatic carbocycles. The Labute approximate surface area is 121 Å². The maximum atomic E-state index is 12.8. The minimum atomic E-state index is -1.17. The van der Waals surface area contributed by atoms with Crippen LogP contribution in [-0.4, -0.2) is 22.5 Å². The van der Waals surface area contributed by atoms with E-state index in [1.54, 1.807) is 0 Å². The van der Waals surface area contributed by atoms with Gasteiger partial charge in [0.1, 0.15) is 0 Å². The van der Waals surface area contributed by atoms with Gasteiger partial charge >= 0.3 is 5.97 Å². The van der Waals surface area contributed by atoms with Crippen LogP contribution in [0.5, 0.6) is 0 Å². The van der Waals surface area contributed by atoms with Gasteiger partial charge in [0.15, 0.2) is 0 Å². The number of hydrogen-bond acceptors (Lipinski definition) is 3. The van der Waals surface area contributed by atoms with Crippen molar-refractivity contribution < 1.29 is 13.7 Å². The van der Waals surface area contributed by atoms with Crippen LogP contribution in [0.4, 0.5) is 0 Å². The molecule has 106 valence electrons. The zero-order chi connectivity index (χ0) is 14.3. The molecule has 1 fully saturated rings. The highest BCUT2D eigenvalue weighted by atomic mass is 32.2. The smallest absolute Gasteiger partial charge is 0.310 e. The Morgan fingerprint density at radius 2 is 1.85 bits per heavy atom. The minimum absolute atomic E-state index is 0.153. The van der Waals surface area contributed by atoms with Crippen LogP contribution in [0, 0.1) is 24.7 Å². The van der Waals surface area contributed by atoms with Gasteiger partial charge in [-0.05, 0) is 37.3 Å². The first-order chi connectivity index (χ1) is 9.61. The van der Waals surface area contributed by atoms with Crippen molar-refractivity contribution in [3.8, 4) is 0 Å². The second kappa shape index (κ2) is 5.17. The van der Waals surface area contributed by atoms with Crippen LogP contribution in [0.15, 0.2) is 41.3 Å². The highest BCUT2D eigenvalue weighted by Gasteiger charge is 2.51. The van der Waals surface area contributed by atoms with E-state index in [0.717, 1.165) is 16.9 Å². The number of fused-ring (bicyclic) bond motifs is 2. The van der Waals surface area contributed by atoms with E-state index in [4.69, 9.17) is 4.74 Å². The summed E-state index contributed by atoms with van der Waals surface area (Å²) in [6, 6.07) is 7.72. The Balaban J connectivity index is 1.91. The van der Waals surface area contributed by atoms with Crippen molar-refractivity contribution in [2.45, 2.75) is 23.5 Å². The van der Waals surface area contributed by atoms with Crippen LogP contribution >= 0.6 is 0 Å². The van der Waals surface area contributed by atoms with Gasteiger partial charge in [-0.3, -0.25) is 9.00 Å². The van der Waals surface area contributed by atoms with Crippen molar-refractivity contribution in [1.82, 2.24) is 0 Å². The molecule has 1 unspecified atom stereocenters. The summed E-state index contributed by atoms with van der Waals surface area (Å²) in [5.41, 5.74) is 1.14. The third-order valence-electron chi connectivity index (χ3n) is 4.36. The molecule has 0 aliphatic heterocycles. The molecule has 0 aromatic heterocycles. The molecular weight excluding hydrogens is 272 g/mol. The summed E-state index contributed by atoms with van der Waals surface area (Å²) in [5.74, 6) is -0.0810. The molecular formula is C16H18O3S. The number of carbonyl (C=O) groups is 1. The van der Waals surface area contributed by atoms with Crippen LogP contribution in [0.2, 0.25) is 0 Å². The summed E-state index contributed by atoms with van der Waals surface area (Å²) >= 11 is 0. The third kappa shape index (κ3) is 2.12. The molecule has 3 rings (SSSR count). The van der Waals surface area contributed by atoms with Crippen molar-refractivity contribution in [2.75, 3.05) is 7.11 Å². The number of esters is 1. The molecule has 0 radical (unpaired) electrons. The first kappa shape index (κ1) is 13.6. The van der Waals surface area contributed by atoms with Gasteiger partial charge in [-0.15, -0.1) is 0 Å². The number of rotatable bonds is 3. The van der Waals surface area contributed by atoms with Gasteiger partial charge in [-0.25, -0.2) is 0 Å². The van der Waals surface area contributed by atoms with Gasteiger partial charge in [0.05, 0.1) is 29.1 Å². The summed E-state index contributed by atoms with van der Waals surface area (Å²) in [5, 5.41) is -0.153. The normalized spacial score (nSPS) is 32.3. The molecule has 4 heteroatoms. The van der Waals surface area contributed by atoms with E-state index in [1.807, 2.05) is 31.2 Å². The zero-order valence-electron chi connectivity index (χ0n) is 11.6. The van der Waals surface area contributed by atoms with E-state index >= 15 is 0 Å². The predicted molar refractivity (Wildman–Crippen MR) is 77.6 cm³/mol. The van der Waals surface area contributed by atoms with E-state index in [1.165, 1.54) is 7.11 Å². The molecule has 1 aromatic rings. The second-order valence-corrected chi connectivity index (χ2v) is 7.18. The quantitative estimate of drug-likeness (QED) is 0.634. The highest BCUT2D eigenvalue weighted by Crippen LogP contribution is 2.47. The monoisotopic (exact) mass is 290 g/mol. The second-order valence-electron chi connectivity index (χ2n) is 5.57. The van der Waals surface area contributed by atoms with Crippen molar-refractivity contribution in [3.63, 3.8) is 0 Å². The lowest BCUT2D eigenvalue weighted by atomic mass is 9.93. The Kier molecular flexibility index (Phi) is 3.50. The maximum Gasteiger partial charge on any atom is 0.310 e. The molecule has 0 saturated heterocycles. The third-order valence-corrected chi connectivity index (χ3v) is 6.23. The molecule has 0 spiro atoms. The van der Waals surface area contributed by atoms with Gasteiger partial charge in [0.2, 0.25) is 0 Å². The Hall–Kier alpha value is -1.42. The number of benzene rings is 1. The van der Waals surface area contributed by atoms with Crippen LogP contribution < -0.4 is 0 Å². The molecule has 2 bridgehead atoms. The Bertz CT molecular complexity index is 576. The van der Waals surface area contributed by atoms with Crippen LogP contribution in [-0.2, 0) is 20.3 Å². The first-order valence-corrected chi connectivity index (χ1v) is 8.06. The number of hydrogen-bond donors (Lipinski definition) is 0. The molecule has 0 amide bonds. The minimum Gasteiger partial charge on any atom is -0.469 e. The molecule has 5 atom stereocenters. The lowest BCUT2D eigenvalue weighted by Gasteiger charge is -2.25. The van der Waals surface area contributed by atoms with Crippen molar-refractivity contribution in [1.29, 1.82) is 0 Å². The fourth-order valence-electron chi connectivity index (χ4n) is 3.34. The largest absolute Gasteiger partial charge is 0.469 e. The summed E-state index contributed by atoms with van der Waals surface area (Å²) in [4.78, 5) is 12.8. The van der Waals surface area contributed by atoms with Gasteiger partial charge < -0.3 is 4.74 Å². The van der Waals surface area contributed by atoms with Crippen molar-refractivity contribution >= 4 is 16.8 Å². The van der Waals surface area contributed by atoms with Gasteiger partial charge in [0, 0.05) is 4.90 Å². The first-order valence-electron chi connectivity index (χ1n) is 6.85.